The molecule has 1 saturated heterocycles. The number of carbonyl (C=O) groups excluding carboxylic acids is 1. The van der Waals surface area contributed by atoms with Gasteiger partial charge in [-0.15, -0.1) is 0 Å². The number of sulfonamides is 1. The standard InChI is InChI=1S/C20H21ClN4O3S2/c21-14-4-9-17-18(12-14)24-20(23-17)29-13-19(26)22-15-5-7-16(8-6-15)30(27,28)25-10-2-1-3-11-25/h4-9,12H,1-3,10-11,13H2,(H,22,26)(H,23,24). The Morgan fingerprint density at radius 2 is 1.87 bits per heavy atom. The molecule has 1 amide bonds. The van der Waals surface area contributed by atoms with Gasteiger partial charge in [-0.3, -0.25) is 4.79 Å². The number of nitrogens with one attached hydrogen (secondary N) is 2. The number of aromatic nitrogens is 2. The maximum absolute atomic E-state index is 12.7. The Labute approximate surface area is 184 Å². The fraction of sp³-hybridized carbons (Fsp3) is 0.300. The van der Waals surface area contributed by atoms with E-state index in [9.17, 15) is 13.2 Å². The van der Waals surface area contributed by atoms with Crippen molar-refractivity contribution in [2.24, 2.45) is 0 Å². The summed E-state index contributed by atoms with van der Waals surface area (Å²) in [5.41, 5.74) is 2.15. The number of fused-ring (bicyclic) bond motifs is 1. The zero-order chi connectivity index (χ0) is 21.1. The third-order valence-corrected chi connectivity index (χ3v) is 7.87. The van der Waals surface area contributed by atoms with Gasteiger partial charge in [0, 0.05) is 23.8 Å². The molecule has 0 aliphatic carbocycles. The van der Waals surface area contributed by atoms with Crippen molar-refractivity contribution in [3.05, 3.63) is 47.5 Å². The van der Waals surface area contributed by atoms with Crippen LogP contribution in [-0.2, 0) is 14.8 Å². The van der Waals surface area contributed by atoms with Crippen LogP contribution in [0.4, 0.5) is 5.69 Å². The molecule has 3 aromatic rings. The smallest absolute Gasteiger partial charge is 0.243 e. The van der Waals surface area contributed by atoms with Crippen LogP contribution in [0.25, 0.3) is 11.0 Å². The lowest BCUT2D eigenvalue weighted by atomic mass is 10.2. The number of amides is 1. The largest absolute Gasteiger partial charge is 0.333 e. The predicted molar refractivity (Wildman–Crippen MR) is 120 cm³/mol. The molecule has 4 rings (SSSR count). The number of H-pyrrole nitrogens is 1. The first-order valence-electron chi connectivity index (χ1n) is 9.60. The molecule has 158 valence electrons. The third-order valence-electron chi connectivity index (χ3n) is 4.85. The Balaban J connectivity index is 1.35. The van der Waals surface area contributed by atoms with Crippen LogP contribution in [0.3, 0.4) is 0 Å². The highest BCUT2D eigenvalue weighted by Gasteiger charge is 2.25. The summed E-state index contributed by atoms with van der Waals surface area (Å²) in [7, 11) is -3.47. The van der Waals surface area contributed by atoms with Crippen molar-refractivity contribution in [2.45, 2.75) is 29.3 Å². The Kier molecular flexibility index (Phi) is 6.33. The van der Waals surface area contributed by atoms with Gasteiger partial charge in [-0.1, -0.05) is 29.8 Å². The second kappa shape index (κ2) is 8.97. The fourth-order valence-electron chi connectivity index (χ4n) is 3.32. The quantitative estimate of drug-likeness (QED) is 0.535. The molecule has 2 N–H and O–H groups in total. The van der Waals surface area contributed by atoms with Gasteiger partial charge in [0.1, 0.15) is 0 Å². The normalized spacial score (nSPS) is 15.4. The first kappa shape index (κ1) is 21.2. The van der Waals surface area contributed by atoms with E-state index >= 15 is 0 Å². The Hall–Kier alpha value is -2.07. The van der Waals surface area contributed by atoms with E-state index < -0.39 is 10.0 Å². The molecule has 2 heterocycles. The molecule has 30 heavy (non-hydrogen) atoms. The molecule has 0 saturated carbocycles. The number of halogens is 1. The molecule has 1 aliphatic heterocycles. The van der Waals surface area contributed by atoms with E-state index in [1.807, 2.05) is 6.07 Å². The topological polar surface area (TPSA) is 95.2 Å². The van der Waals surface area contributed by atoms with Crippen LogP contribution in [0.5, 0.6) is 0 Å². The van der Waals surface area contributed by atoms with E-state index in [0.717, 1.165) is 30.3 Å². The summed E-state index contributed by atoms with van der Waals surface area (Å²) >= 11 is 7.25. The lowest BCUT2D eigenvalue weighted by molar-refractivity contribution is -0.113. The van der Waals surface area contributed by atoms with Gasteiger partial charge in [-0.25, -0.2) is 13.4 Å². The molecule has 1 aliphatic rings. The third kappa shape index (κ3) is 4.80. The number of carbonyl (C=O) groups is 1. The number of nitrogens with zero attached hydrogens (tertiary/aromatic N) is 2. The average molecular weight is 465 g/mol. The molecular formula is C20H21ClN4O3S2. The molecule has 2 aromatic carbocycles. The van der Waals surface area contributed by atoms with Crippen molar-refractivity contribution in [3.8, 4) is 0 Å². The summed E-state index contributed by atoms with van der Waals surface area (Å²) < 4.78 is 26.9. The Bertz CT molecular complexity index is 1160. The molecule has 0 radical (unpaired) electrons. The molecular weight excluding hydrogens is 444 g/mol. The van der Waals surface area contributed by atoms with Crippen molar-refractivity contribution in [2.75, 3.05) is 24.2 Å². The van der Waals surface area contributed by atoms with E-state index in [1.165, 1.54) is 28.2 Å². The number of rotatable bonds is 6. The van der Waals surface area contributed by atoms with Gasteiger partial charge < -0.3 is 10.3 Å². The maximum Gasteiger partial charge on any atom is 0.243 e. The first-order valence-corrected chi connectivity index (χ1v) is 12.4. The lowest BCUT2D eigenvalue weighted by Gasteiger charge is -2.25. The summed E-state index contributed by atoms with van der Waals surface area (Å²) in [4.78, 5) is 20.1. The minimum absolute atomic E-state index is 0.168. The minimum atomic E-state index is -3.47. The molecule has 10 heteroatoms. The zero-order valence-electron chi connectivity index (χ0n) is 16.1. The van der Waals surface area contributed by atoms with Gasteiger partial charge in [0.25, 0.3) is 0 Å². The predicted octanol–water partition coefficient (Wildman–Crippen LogP) is 4.12. The summed E-state index contributed by atoms with van der Waals surface area (Å²) in [5, 5.41) is 4.03. The number of hydrogen-bond acceptors (Lipinski definition) is 5. The number of anilines is 1. The highest BCUT2D eigenvalue weighted by Crippen LogP contribution is 2.24. The average Bonchev–Trinajstić information content (AvgIpc) is 3.15. The summed E-state index contributed by atoms with van der Waals surface area (Å²) in [6.07, 6.45) is 2.85. The number of imidazole rings is 1. The van der Waals surface area contributed by atoms with Crippen LogP contribution in [0.2, 0.25) is 5.02 Å². The highest BCUT2D eigenvalue weighted by atomic mass is 35.5. The molecule has 1 aromatic heterocycles. The Morgan fingerprint density at radius 3 is 2.60 bits per heavy atom. The summed E-state index contributed by atoms with van der Waals surface area (Å²) in [6, 6.07) is 11.7. The summed E-state index contributed by atoms with van der Waals surface area (Å²) in [5.74, 6) is -0.0355. The van der Waals surface area contributed by atoms with Crippen LogP contribution in [-0.4, -0.2) is 47.4 Å². The first-order chi connectivity index (χ1) is 14.4. The zero-order valence-corrected chi connectivity index (χ0v) is 18.5. The molecule has 1 fully saturated rings. The van der Waals surface area contributed by atoms with E-state index in [1.54, 1.807) is 24.3 Å². The molecule has 0 bridgehead atoms. The van der Waals surface area contributed by atoms with E-state index in [4.69, 9.17) is 11.6 Å². The van der Waals surface area contributed by atoms with Gasteiger partial charge >= 0.3 is 0 Å². The molecule has 7 nitrogen and oxygen atoms in total. The second-order valence-electron chi connectivity index (χ2n) is 7.03. The van der Waals surface area contributed by atoms with Gasteiger partial charge in [0.15, 0.2) is 5.16 Å². The van der Waals surface area contributed by atoms with Crippen molar-refractivity contribution in [1.82, 2.24) is 14.3 Å². The van der Waals surface area contributed by atoms with Crippen molar-refractivity contribution in [3.63, 3.8) is 0 Å². The lowest BCUT2D eigenvalue weighted by Crippen LogP contribution is -2.35. The van der Waals surface area contributed by atoms with E-state index in [-0.39, 0.29) is 16.6 Å². The van der Waals surface area contributed by atoms with Crippen molar-refractivity contribution >= 4 is 56.0 Å². The minimum Gasteiger partial charge on any atom is -0.333 e. The van der Waals surface area contributed by atoms with Gasteiger partial charge in [0.2, 0.25) is 15.9 Å². The number of benzene rings is 2. The van der Waals surface area contributed by atoms with E-state index in [0.29, 0.717) is 29.0 Å². The number of thioether (sulfide) groups is 1. The van der Waals surface area contributed by atoms with Crippen LogP contribution < -0.4 is 5.32 Å². The van der Waals surface area contributed by atoms with Crippen molar-refractivity contribution in [1.29, 1.82) is 0 Å². The second-order valence-corrected chi connectivity index (χ2v) is 10.4. The van der Waals surface area contributed by atoms with Gasteiger partial charge in [-0.05, 0) is 55.3 Å². The number of aromatic amines is 1. The van der Waals surface area contributed by atoms with Gasteiger partial charge in [-0.2, -0.15) is 4.31 Å². The molecule has 0 atom stereocenters. The monoisotopic (exact) mass is 464 g/mol. The SMILES string of the molecule is O=C(CSc1nc2ccc(Cl)cc2[nH]1)Nc1ccc(S(=O)(=O)N2CCCCC2)cc1. The number of hydrogen-bond donors (Lipinski definition) is 2. The summed E-state index contributed by atoms with van der Waals surface area (Å²) in [6.45, 7) is 1.12. The van der Waals surface area contributed by atoms with Crippen LogP contribution >= 0.6 is 23.4 Å². The maximum atomic E-state index is 12.7. The van der Waals surface area contributed by atoms with Crippen LogP contribution in [0.1, 0.15) is 19.3 Å². The molecule has 0 spiro atoms. The van der Waals surface area contributed by atoms with E-state index in [2.05, 4.69) is 15.3 Å². The van der Waals surface area contributed by atoms with Gasteiger partial charge in [0.05, 0.1) is 21.7 Å². The Morgan fingerprint density at radius 1 is 1.13 bits per heavy atom. The number of piperidine rings is 1. The highest BCUT2D eigenvalue weighted by molar-refractivity contribution is 7.99. The molecule has 0 unspecified atom stereocenters. The van der Waals surface area contributed by atoms with Crippen LogP contribution in [0, 0.1) is 0 Å². The van der Waals surface area contributed by atoms with Crippen molar-refractivity contribution < 1.29 is 13.2 Å². The van der Waals surface area contributed by atoms with Crippen LogP contribution in [0.15, 0.2) is 52.5 Å². The fourth-order valence-corrected chi connectivity index (χ4v) is 5.70.